The minimum atomic E-state index is -0.175. The molecule has 0 radical (unpaired) electrons. The lowest BCUT2D eigenvalue weighted by atomic mass is 10.1. The highest BCUT2D eigenvalue weighted by molar-refractivity contribution is 7.07. The normalized spacial score (nSPS) is 15.1. The number of ether oxygens (including phenoxy) is 3. The van der Waals surface area contributed by atoms with Crippen LogP contribution in [-0.2, 0) is 4.79 Å². The molecule has 2 aliphatic rings. The average Bonchev–Trinajstić information content (AvgIpc) is 3.31. The topological polar surface area (TPSA) is 86.4 Å². The van der Waals surface area contributed by atoms with Gasteiger partial charge in [-0.25, -0.2) is 9.67 Å². The number of hydrogen-bond donors (Lipinski definition) is 1. The molecule has 1 N–H and O–H groups in total. The Morgan fingerprint density at radius 2 is 1.78 bits per heavy atom. The minimum absolute atomic E-state index is 0.0171. The fraction of sp³-hybridized carbons (Fsp3) is 0.179. The predicted octanol–water partition coefficient (Wildman–Crippen LogP) is 5.13. The summed E-state index contributed by atoms with van der Waals surface area (Å²) in [5, 5.41) is 9.91. The predicted molar refractivity (Wildman–Crippen MR) is 143 cm³/mol. The number of carbonyl (C=O) groups is 1. The molecule has 0 atom stereocenters. The second-order valence-electron chi connectivity index (χ2n) is 8.71. The van der Waals surface area contributed by atoms with Crippen LogP contribution >= 0.6 is 11.3 Å². The van der Waals surface area contributed by atoms with Gasteiger partial charge in [0.2, 0.25) is 4.80 Å². The molecular formula is C28H24N4O4S. The molecule has 0 spiro atoms. The quantitative estimate of drug-likeness (QED) is 0.384. The van der Waals surface area contributed by atoms with E-state index in [2.05, 4.69) is 5.32 Å². The first-order valence-corrected chi connectivity index (χ1v) is 12.8. The Balaban J connectivity index is 1.49. The first kappa shape index (κ1) is 23.1. The Morgan fingerprint density at radius 3 is 2.65 bits per heavy atom. The van der Waals surface area contributed by atoms with Crippen molar-refractivity contribution in [2.75, 3.05) is 25.1 Å². The number of para-hydroxylation sites is 1. The summed E-state index contributed by atoms with van der Waals surface area (Å²) < 4.78 is 18.8. The summed E-state index contributed by atoms with van der Waals surface area (Å²) in [6.45, 7) is 5.08. The van der Waals surface area contributed by atoms with Crippen molar-refractivity contribution in [2.24, 2.45) is 10.1 Å². The van der Waals surface area contributed by atoms with Gasteiger partial charge in [-0.15, -0.1) is 11.3 Å². The van der Waals surface area contributed by atoms with Crippen LogP contribution < -0.4 is 24.3 Å². The lowest BCUT2D eigenvalue weighted by Crippen LogP contribution is -2.25. The van der Waals surface area contributed by atoms with Crippen LogP contribution in [0.5, 0.6) is 17.2 Å². The highest BCUT2D eigenvalue weighted by Gasteiger charge is 2.19. The van der Waals surface area contributed by atoms with Crippen LogP contribution in [0.25, 0.3) is 11.3 Å². The summed E-state index contributed by atoms with van der Waals surface area (Å²) in [4.78, 5) is 17.5. The molecular weight excluding hydrogens is 488 g/mol. The third-order valence-corrected chi connectivity index (χ3v) is 6.95. The molecule has 2 aliphatic heterocycles. The molecule has 1 amide bonds. The van der Waals surface area contributed by atoms with Gasteiger partial charge in [0.05, 0.1) is 22.8 Å². The lowest BCUT2D eigenvalue weighted by Gasteiger charge is -2.19. The van der Waals surface area contributed by atoms with Crippen molar-refractivity contribution >= 4 is 34.3 Å². The Kier molecular flexibility index (Phi) is 5.97. The van der Waals surface area contributed by atoms with Crippen molar-refractivity contribution in [3.05, 3.63) is 82.0 Å². The van der Waals surface area contributed by atoms with Crippen molar-refractivity contribution in [1.29, 1.82) is 0 Å². The molecule has 3 aromatic carbocycles. The molecule has 0 saturated heterocycles. The number of aromatic nitrogens is 1. The summed E-state index contributed by atoms with van der Waals surface area (Å²) in [7, 11) is 0. The van der Waals surface area contributed by atoms with Gasteiger partial charge in [-0.1, -0.05) is 18.2 Å². The maximum atomic E-state index is 11.9. The van der Waals surface area contributed by atoms with Gasteiger partial charge < -0.3 is 19.5 Å². The minimum Gasteiger partial charge on any atom is -0.486 e. The Hall–Kier alpha value is -4.37. The number of nitrogens with zero attached hydrogens (tertiary/aromatic N) is 3. The summed E-state index contributed by atoms with van der Waals surface area (Å²) in [6, 6.07) is 19.5. The Bertz CT molecular complexity index is 1620. The van der Waals surface area contributed by atoms with E-state index < -0.39 is 0 Å². The van der Waals surface area contributed by atoms with Gasteiger partial charge in [-0.3, -0.25) is 4.79 Å². The number of fused-ring (bicyclic) bond motifs is 2. The van der Waals surface area contributed by atoms with Crippen LogP contribution in [0.3, 0.4) is 0 Å². The number of amides is 1. The van der Waals surface area contributed by atoms with Crippen molar-refractivity contribution in [3.8, 4) is 28.5 Å². The Labute approximate surface area is 217 Å². The van der Waals surface area contributed by atoms with Crippen LogP contribution in [0.1, 0.15) is 18.1 Å². The second kappa shape index (κ2) is 9.59. The van der Waals surface area contributed by atoms with Crippen molar-refractivity contribution in [1.82, 2.24) is 4.68 Å². The monoisotopic (exact) mass is 512 g/mol. The van der Waals surface area contributed by atoms with Crippen LogP contribution in [0, 0.1) is 6.92 Å². The van der Waals surface area contributed by atoms with E-state index in [9.17, 15) is 4.79 Å². The number of hydrogen-bond acceptors (Lipinski definition) is 7. The molecule has 3 heterocycles. The zero-order chi connectivity index (χ0) is 25.4. The van der Waals surface area contributed by atoms with E-state index in [-0.39, 0.29) is 12.5 Å². The third-order valence-electron chi connectivity index (χ3n) is 6.14. The van der Waals surface area contributed by atoms with E-state index >= 15 is 0 Å². The van der Waals surface area contributed by atoms with E-state index in [1.807, 2.05) is 84.6 Å². The number of rotatable bonds is 4. The van der Waals surface area contributed by atoms with Crippen molar-refractivity contribution in [2.45, 2.75) is 13.8 Å². The molecule has 0 saturated carbocycles. The highest BCUT2D eigenvalue weighted by atomic mass is 32.1. The van der Waals surface area contributed by atoms with E-state index in [1.165, 1.54) is 11.3 Å². The van der Waals surface area contributed by atoms with Crippen LogP contribution in [0.2, 0.25) is 0 Å². The van der Waals surface area contributed by atoms with Crippen LogP contribution in [-0.4, -0.2) is 36.1 Å². The summed E-state index contributed by atoms with van der Waals surface area (Å²) in [5.74, 6) is 1.92. The standard InChI is InChI=1S/C28H24N4O4S/c1-17-5-3-4-6-21(17)30-28-32(31-18(2)19-7-10-25-26(14-19)35-12-11-34-25)23(16-37-28)20-8-9-24-22(13-20)29-27(33)15-36-24/h3-10,13-14,16H,11-12,15H2,1-2H3,(H,29,33). The molecule has 37 heavy (non-hydrogen) atoms. The number of anilines is 1. The van der Waals surface area contributed by atoms with Gasteiger partial charge >= 0.3 is 0 Å². The number of nitrogens with one attached hydrogen (secondary N) is 1. The Morgan fingerprint density at radius 1 is 0.973 bits per heavy atom. The molecule has 9 heteroatoms. The zero-order valence-electron chi connectivity index (χ0n) is 20.4. The number of carbonyl (C=O) groups excluding carboxylic acids is 1. The van der Waals surface area contributed by atoms with E-state index in [1.54, 1.807) is 0 Å². The van der Waals surface area contributed by atoms with Gasteiger partial charge in [0.15, 0.2) is 18.1 Å². The average molecular weight is 513 g/mol. The molecule has 0 unspecified atom stereocenters. The van der Waals surface area contributed by atoms with Crippen molar-refractivity contribution < 1.29 is 19.0 Å². The maximum Gasteiger partial charge on any atom is 0.262 e. The smallest absolute Gasteiger partial charge is 0.262 e. The first-order chi connectivity index (χ1) is 18.0. The van der Waals surface area contributed by atoms with E-state index in [4.69, 9.17) is 24.3 Å². The zero-order valence-corrected chi connectivity index (χ0v) is 21.2. The van der Waals surface area contributed by atoms with Gasteiger partial charge in [0.25, 0.3) is 5.91 Å². The highest BCUT2D eigenvalue weighted by Crippen LogP contribution is 2.34. The molecule has 1 aromatic heterocycles. The molecule has 6 rings (SSSR count). The molecule has 0 bridgehead atoms. The molecule has 0 fully saturated rings. The molecule has 8 nitrogen and oxygen atoms in total. The van der Waals surface area contributed by atoms with Gasteiger partial charge in [0, 0.05) is 16.5 Å². The first-order valence-electron chi connectivity index (χ1n) is 11.9. The van der Waals surface area contributed by atoms with E-state index in [0.29, 0.717) is 30.4 Å². The molecule has 4 aromatic rings. The van der Waals surface area contributed by atoms with Gasteiger partial charge in [0.1, 0.15) is 19.0 Å². The van der Waals surface area contributed by atoms with Crippen molar-refractivity contribution in [3.63, 3.8) is 0 Å². The van der Waals surface area contributed by atoms with Gasteiger partial charge in [-0.05, 0) is 61.9 Å². The lowest BCUT2D eigenvalue weighted by molar-refractivity contribution is -0.118. The number of aryl methyl sites for hydroxylation is 1. The number of benzene rings is 3. The van der Waals surface area contributed by atoms with E-state index in [0.717, 1.165) is 44.3 Å². The molecule has 186 valence electrons. The van der Waals surface area contributed by atoms with Gasteiger partial charge in [-0.2, -0.15) is 5.10 Å². The maximum absolute atomic E-state index is 11.9. The summed E-state index contributed by atoms with van der Waals surface area (Å²) in [5.41, 5.74) is 6.02. The fourth-order valence-electron chi connectivity index (χ4n) is 4.18. The number of thiazole rings is 1. The SMILES string of the molecule is CC(=Nn1c(-c2ccc3c(c2)NC(=O)CO3)csc1=Nc1ccccc1C)c1ccc2c(c1)OCCO2. The third kappa shape index (κ3) is 4.61. The summed E-state index contributed by atoms with van der Waals surface area (Å²) in [6.07, 6.45) is 0. The van der Waals surface area contributed by atoms with Crippen LogP contribution in [0.4, 0.5) is 11.4 Å². The second-order valence-corrected chi connectivity index (χ2v) is 9.54. The fourth-order valence-corrected chi connectivity index (χ4v) is 5.03. The largest absolute Gasteiger partial charge is 0.486 e. The summed E-state index contributed by atoms with van der Waals surface area (Å²) >= 11 is 1.50. The molecule has 0 aliphatic carbocycles. The van der Waals surface area contributed by atoms with Crippen LogP contribution in [0.15, 0.2) is 76.1 Å².